The van der Waals surface area contributed by atoms with E-state index in [9.17, 15) is 9.18 Å². The normalized spacial score (nSPS) is 11.7. The summed E-state index contributed by atoms with van der Waals surface area (Å²) in [4.78, 5) is 12.0. The van der Waals surface area contributed by atoms with Crippen LogP contribution < -0.4 is 5.32 Å². The number of carbonyl (C=O) groups is 1. The van der Waals surface area contributed by atoms with Gasteiger partial charge >= 0.3 is 0 Å². The summed E-state index contributed by atoms with van der Waals surface area (Å²) >= 11 is 0. The van der Waals surface area contributed by atoms with Gasteiger partial charge in [0, 0.05) is 11.6 Å². The highest BCUT2D eigenvalue weighted by molar-refractivity contribution is 5.94. The van der Waals surface area contributed by atoms with Crippen LogP contribution in [0.4, 0.5) is 4.39 Å². The van der Waals surface area contributed by atoms with Crippen molar-refractivity contribution in [1.82, 2.24) is 5.32 Å². The Morgan fingerprint density at radius 1 is 1.33 bits per heavy atom. The minimum absolute atomic E-state index is 0.00755. The van der Waals surface area contributed by atoms with Crippen molar-refractivity contribution in [1.29, 1.82) is 0 Å². The molecule has 4 heteroatoms. The number of aliphatic hydroxyl groups is 1. The number of benzene rings is 1. The fourth-order valence-electron chi connectivity index (χ4n) is 1.88. The Balaban J connectivity index is 2.70. The molecule has 0 aliphatic heterocycles. The molecule has 0 aliphatic rings. The maximum absolute atomic E-state index is 13.9. The van der Waals surface area contributed by atoms with Gasteiger partial charge in [-0.3, -0.25) is 4.79 Å². The van der Waals surface area contributed by atoms with E-state index in [1.807, 2.05) is 6.92 Å². The number of rotatable bonds is 5. The zero-order valence-electron chi connectivity index (χ0n) is 12.7. The van der Waals surface area contributed by atoms with Gasteiger partial charge in [0.05, 0.1) is 5.56 Å². The first-order valence-corrected chi connectivity index (χ1v) is 7.14. The molecule has 1 rings (SSSR count). The van der Waals surface area contributed by atoms with E-state index in [-0.39, 0.29) is 18.2 Å². The largest absolute Gasteiger partial charge is 0.384 e. The lowest BCUT2D eigenvalue weighted by Crippen LogP contribution is -2.33. The van der Waals surface area contributed by atoms with Crippen molar-refractivity contribution < 1.29 is 14.3 Å². The molecule has 0 saturated heterocycles. The van der Waals surface area contributed by atoms with Gasteiger partial charge in [-0.15, -0.1) is 0 Å². The van der Waals surface area contributed by atoms with Crippen LogP contribution in [0.25, 0.3) is 0 Å². The van der Waals surface area contributed by atoms with E-state index in [1.54, 1.807) is 6.07 Å². The van der Waals surface area contributed by atoms with Crippen molar-refractivity contribution in [2.45, 2.75) is 39.7 Å². The van der Waals surface area contributed by atoms with Gasteiger partial charge in [-0.05, 0) is 43.9 Å². The van der Waals surface area contributed by atoms with Crippen molar-refractivity contribution in [3.8, 4) is 11.8 Å². The topological polar surface area (TPSA) is 49.3 Å². The number of hydrogen-bond donors (Lipinski definition) is 2. The highest BCUT2D eigenvalue weighted by atomic mass is 19.1. The van der Waals surface area contributed by atoms with Gasteiger partial charge in [-0.25, -0.2) is 4.39 Å². The number of hydrogen-bond acceptors (Lipinski definition) is 2. The van der Waals surface area contributed by atoms with Gasteiger partial charge < -0.3 is 10.4 Å². The van der Waals surface area contributed by atoms with Gasteiger partial charge in [0.25, 0.3) is 5.91 Å². The standard InChI is InChI=1S/C17H22FNO2/c1-12(2)6-7-13(3)19-17(21)15-9-8-14(5-4-10-20)11-16(15)18/h8-9,11-13,20H,6-7,10H2,1-3H3,(H,19,21). The molecule has 1 aromatic carbocycles. The Morgan fingerprint density at radius 3 is 2.62 bits per heavy atom. The van der Waals surface area contributed by atoms with E-state index in [1.165, 1.54) is 12.1 Å². The van der Waals surface area contributed by atoms with Crippen molar-refractivity contribution in [3.05, 3.63) is 35.1 Å². The van der Waals surface area contributed by atoms with Gasteiger partial charge in [-0.1, -0.05) is 25.7 Å². The summed E-state index contributed by atoms with van der Waals surface area (Å²) in [5, 5.41) is 11.4. The molecule has 1 unspecified atom stereocenters. The lowest BCUT2D eigenvalue weighted by molar-refractivity contribution is 0.0933. The second kappa shape index (κ2) is 8.43. The molecule has 1 aromatic rings. The molecule has 2 N–H and O–H groups in total. The number of carbonyl (C=O) groups excluding carboxylic acids is 1. The first-order chi connectivity index (χ1) is 9.93. The lowest BCUT2D eigenvalue weighted by Gasteiger charge is -2.15. The Bertz CT molecular complexity index is 543. The predicted molar refractivity (Wildman–Crippen MR) is 81.4 cm³/mol. The number of halogens is 1. The molecule has 0 aromatic heterocycles. The van der Waals surface area contributed by atoms with Crippen LogP contribution in [0, 0.1) is 23.6 Å². The SMILES string of the molecule is CC(C)CCC(C)NC(=O)c1ccc(C#CCO)cc1F. The third kappa shape index (κ3) is 5.97. The van der Waals surface area contributed by atoms with E-state index in [4.69, 9.17) is 5.11 Å². The van der Waals surface area contributed by atoms with E-state index >= 15 is 0 Å². The van der Waals surface area contributed by atoms with Crippen molar-refractivity contribution in [2.75, 3.05) is 6.61 Å². The van der Waals surface area contributed by atoms with Gasteiger partial charge in [-0.2, -0.15) is 0 Å². The molecule has 1 amide bonds. The molecule has 0 saturated carbocycles. The highest BCUT2D eigenvalue weighted by Crippen LogP contribution is 2.12. The summed E-state index contributed by atoms with van der Waals surface area (Å²) in [5.74, 6) is 4.60. The van der Waals surface area contributed by atoms with Crippen LogP contribution >= 0.6 is 0 Å². The average Bonchev–Trinajstić information content (AvgIpc) is 2.42. The molecule has 0 radical (unpaired) electrons. The smallest absolute Gasteiger partial charge is 0.254 e. The summed E-state index contributed by atoms with van der Waals surface area (Å²) in [6, 6.07) is 4.20. The van der Waals surface area contributed by atoms with Crippen molar-refractivity contribution in [3.63, 3.8) is 0 Å². The van der Waals surface area contributed by atoms with Crippen molar-refractivity contribution in [2.24, 2.45) is 5.92 Å². The molecule has 114 valence electrons. The van der Waals surface area contributed by atoms with E-state index < -0.39 is 11.7 Å². The zero-order chi connectivity index (χ0) is 15.8. The second-order valence-corrected chi connectivity index (χ2v) is 5.50. The Kier molecular flexibility index (Phi) is 6.90. The quantitative estimate of drug-likeness (QED) is 0.820. The van der Waals surface area contributed by atoms with Crippen LogP contribution in [0.3, 0.4) is 0 Å². The molecule has 0 aliphatic carbocycles. The van der Waals surface area contributed by atoms with Gasteiger partial charge in [0.2, 0.25) is 0 Å². The van der Waals surface area contributed by atoms with Crippen LogP contribution in [0.1, 0.15) is 49.5 Å². The van der Waals surface area contributed by atoms with Crippen LogP contribution in [0.5, 0.6) is 0 Å². The summed E-state index contributed by atoms with van der Waals surface area (Å²) in [7, 11) is 0. The maximum atomic E-state index is 13.9. The van der Waals surface area contributed by atoms with Crippen LogP contribution in [0.2, 0.25) is 0 Å². The first-order valence-electron chi connectivity index (χ1n) is 7.14. The third-order valence-electron chi connectivity index (χ3n) is 3.08. The van der Waals surface area contributed by atoms with Gasteiger partial charge in [0.15, 0.2) is 0 Å². The zero-order valence-corrected chi connectivity index (χ0v) is 12.7. The summed E-state index contributed by atoms with van der Waals surface area (Å²) in [6.45, 7) is 5.89. The molecule has 0 spiro atoms. The van der Waals surface area contributed by atoms with Crippen LogP contribution in [-0.2, 0) is 0 Å². The summed E-state index contributed by atoms with van der Waals surface area (Å²) in [6.07, 6.45) is 1.88. The predicted octanol–water partition coefficient (Wildman–Crippen LogP) is 2.72. The first kappa shape index (κ1) is 17.2. The van der Waals surface area contributed by atoms with Crippen LogP contribution in [0.15, 0.2) is 18.2 Å². The second-order valence-electron chi connectivity index (χ2n) is 5.50. The molecule has 0 bridgehead atoms. The lowest BCUT2D eigenvalue weighted by atomic mass is 10.0. The fourth-order valence-corrected chi connectivity index (χ4v) is 1.88. The number of aliphatic hydroxyl groups excluding tert-OH is 1. The summed E-state index contributed by atoms with van der Waals surface area (Å²) < 4.78 is 13.9. The van der Waals surface area contributed by atoms with E-state index in [0.717, 1.165) is 12.8 Å². The Hall–Kier alpha value is -1.86. The van der Waals surface area contributed by atoms with E-state index in [0.29, 0.717) is 11.5 Å². The van der Waals surface area contributed by atoms with Gasteiger partial charge in [0.1, 0.15) is 12.4 Å². The fraction of sp³-hybridized carbons (Fsp3) is 0.471. The number of nitrogens with one attached hydrogen (secondary N) is 1. The molecule has 21 heavy (non-hydrogen) atoms. The van der Waals surface area contributed by atoms with E-state index in [2.05, 4.69) is 31.0 Å². The Morgan fingerprint density at radius 2 is 2.05 bits per heavy atom. The molecule has 1 atom stereocenters. The monoisotopic (exact) mass is 291 g/mol. The molecular formula is C17H22FNO2. The number of amides is 1. The minimum atomic E-state index is -0.603. The maximum Gasteiger partial charge on any atom is 0.254 e. The molecule has 0 heterocycles. The summed E-state index contributed by atoms with van der Waals surface area (Å²) in [5.41, 5.74) is 0.451. The molecule has 3 nitrogen and oxygen atoms in total. The average molecular weight is 291 g/mol. The highest BCUT2D eigenvalue weighted by Gasteiger charge is 2.14. The van der Waals surface area contributed by atoms with Crippen LogP contribution in [-0.4, -0.2) is 23.7 Å². The molecule has 0 fully saturated rings. The Labute approximate surface area is 125 Å². The minimum Gasteiger partial charge on any atom is -0.384 e. The molecular weight excluding hydrogens is 269 g/mol. The van der Waals surface area contributed by atoms with Crippen molar-refractivity contribution >= 4 is 5.91 Å². The third-order valence-corrected chi connectivity index (χ3v) is 3.08.